The number of nitrogens with zero attached hydrogens (tertiary/aromatic N) is 1. The zero-order valence-corrected chi connectivity index (χ0v) is 24.3. The maximum atomic E-state index is 6.56. The van der Waals surface area contributed by atoms with Crippen molar-refractivity contribution in [2.75, 3.05) is 4.90 Å². The van der Waals surface area contributed by atoms with Gasteiger partial charge in [0.2, 0.25) is 0 Å². The van der Waals surface area contributed by atoms with Gasteiger partial charge < -0.3 is 19.1 Å². The van der Waals surface area contributed by atoms with Gasteiger partial charge in [-0.1, -0.05) is 74.5 Å². The molecule has 0 aromatic heterocycles. The van der Waals surface area contributed by atoms with Crippen molar-refractivity contribution < 1.29 is 14.2 Å². The maximum absolute atomic E-state index is 6.56. The summed E-state index contributed by atoms with van der Waals surface area (Å²) >= 11 is 0. The molecule has 0 bridgehead atoms. The molecule has 0 spiro atoms. The topological polar surface area (TPSA) is 30.9 Å². The summed E-state index contributed by atoms with van der Waals surface area (Å²) in [6.45, 7) is 4.65. The first kappa shape index (κ1) is 24.1. The van der Waals surface area contributed by atoms with Crippen LogP contribution in [0.3, 0.4) is 0 Å². The number of rotatable bonds is 2. The lowest BCUT2D eigenvalue weighted by atomic mass is 9.34. The van der Waals surface area contributed by atoms with Crippen LogP contribution >= 0.6 is 0 Å². The van der Waals surface area contributed by atoms with Crippen molar-refractivity contribution in [1.29, 1.82) is 0 Å². The summed E-state index contributed by atoms with van der Waals surface area (Å²) in [6.07, 6.45) is 0. The lowest BCUT2D eigenvalue weighted by Gasteiger charge is -2.42. The summed E-state index contributed by atoms with van der Waals surface area (Å²) in [5.74, 6) is 5.04. The van der Waals surface area contributed by atoms with Gasteiger partial charge in [-0.2, -0.15) is 0 Å². The van der Waals surface area contributed by atoms with E-state index in [-0.39, 0.29) is 12.1 Å². The second kappa shape index (κ2) is 8.36. The second-order valence-corrected chi connectivity index (χ2v) is 12.5. The van der Waals surface area contributed by atoms with Crippen LogP contribution in [0.5, 0.6) is 34.5 Å². The van der Waals surface area contributed by atoms with Gasteiger partial charge in [0.1, 0.15) is 34.5 Å². The molecule has 4 heterocycles. The van der Waals surface area contributed by atoms with E-state index >= 15 is 0 Å². The minimum absolute atomic E-state index is 0.0218. The smallest absolute Gasteiger partial charge is 0.270 e. The fourth-order valence-corrected chi connectivity index (χ4v) is 7.73. The Morgan fingerprint density at radius 3 is 1.45 bits per heavy atom. The van der Waals surface area contributed by atoms with Crippen LogP contribution in [0.15, 0.2) is 121 Å². The van der Waals surface area contributed by atoms with Crippen LogP contribution in [0, 0.1) is 0 Å². The zero-order valence-electron chi connectivity index (χ0n) is 24.3. The van der Waals surface area contributed by atoms with E-state index in [4.69, 9.17) is 14.2 Å². The Bertz CT molecular complexity index is 2080. The molecule has 0 radical (unpaired) electrons. The van der Waals surface area contributed by atoms with E-state index in [0.29, 0.717) is 0 Å². The quantitative estimate of drug-likeness (QED) is 0.197. The molecule has 4 aliphatic heterocycles. The zero-order chi connectivity index (χ0) is 29.2. The van der Waals surface area contributed by atoms with Gasteiger partial charge in [-0.05, 0) is 82.9 Å². The van der Waals surface area contributed by atoms with E-state index in [9.17, 15) is 0 Å². The van der Waals surface area contributed by atoms with Crippen molar-refractivity contribution in [2.24, 2.45) is 0 Å². The summed E-state index contributed by atoms with van der Waals surface area (Å²) in [6, 6.07) is 42.8. The van der Waals surface area contributed by atoms with Crippen LogP contribution in [0.4, 0.5) is 17.1 Å². The fraction of sp³-hybridized carbons (Fsp3) is 0.0769. The van der Waals surface area contributed by atoms with Gasteiger partial charge in [0.05, 0.1) is 11.4 Å². The Morgan fingerprint density at radius 2 is 0.932 bits per heavy atom. The maximum Gasteiger partial charge on any atom is 0.270 e. The highest BCUT2D eigenvalue weighted by Crippen LogP contribution is 2.52. The van der Waals surface area contributed by atoms with Crippen molar-refractivity contribution in [3.8, 4) is 45.6 Å². The van der Waals surface area contributed by atoms with Gasteiger partial charge in [0, 0.05) is 27.5 Å². The number of ether oxygens (including phenoxy) is 3. The van der Waals surface area contributed by atoms with E-state index < -0.39 is 0 Å². The predicted molar refractivity (Wildman–Crippen MR) is 176 cm³/mol. The van der Waals surface area contributed by atoms with E-state index in [1.165, 1.54) is 22.5 Å². The summed E-state index contributed by atoms with van der Waals surface area (Å²) in [5, 5.41) is 0. The molecule has 0 aliphatic carbocycles. The lowest BCUT2D eigenvalue weighted by molar-refractivity contribution is 0.443. The molecule has 4 nitrogen and oxygen atoms in total. The highest BCUT2D eigenvalue weighted by Gasteiger charge is 2.46. The van der Waals surface area contributed by atoms with Gasteiger partial charge in [-0.3, -0.25) is 0 Å². The molecule has 0 saturated heterocycles. The molecular formula is C39H26BNO3. The Hall–Kier alpha value is -5.42. The van der Waals surface area contributed by atoms with Crippen LogP contribution in [-0.2, 0) is 5.41 Å². The normalized spacial score (nSPS) is 15.2. The van der Waals surface area contributed by atoms with Crippen LogP contribution in [-0.4, -0.2) is 6.71 Å². The standard InChI is InChI=1S/C39H26BNO3/c1-39(2)26-9-3-5-11-28(26)41(29-12-6-4-10-27(29)39)25-19-17-23(18-20-25)24-21-34-38-35(22-24)44-33-16-8-14-31-37(33)40(38)36-30(42-31)13-7-15-32(36)43-34/h3-22H,1-2H3. The minimum Gasteiger partial charge on any atom is -0.458 e. The van der Waals surface area contributed by atoms with Gasteiger partial charge in [-0.15, -0.1) is 0 Å². The number of para-hydroxylation sites is 2. The van der Waals surface area contributed by atoms with E-state index in [1.54, 1.807) is 0 Å². The fourth-order valence-electron chi connectivity index (χ4n) is 7.73. The van der Waals surface area contributed by atoms with Crippen LogP contribution in [0.2, 0.25) is 0 Å². The average Bonchev–Trinajstić information content (AvgIpc) is 3.05. The molecule has 6 aromatic carbocycles. The number of anilines is 3. The molecule has 0 unspecified atom stereocenters. The Labute approximate surface area is 256 Å². The lowest BCUT2D eigenvalue weighted by Crippen LogP contribution is -2.59. The Morgan fingerprint density at radius 1 is 0.477 bits per heavy atom. The third kappa shape index (κ3) is 3.08. The molecule has 0 atom stereocenters. The SMILES string of the molecule is CC1(C)c2ccccc2N(c2ccc(-c3cc4c5c(c3)Oc3cccc6c3B5c3c(cccc3O4)O6)cc2)c2ccccc21. The van der Waals surface area contributed by atoms with E-state index in [2.05, 4.69) is 104 Å². The van der Waals surface area contributed by atoms with Gasteiger partial charge in [0.15, 0.2) is 0 Å². The van der Waals surface area contributed by atoms with Gasteiger partial charge in [-0.25, -0.2) is 0 Å². The monoisotopic (exact) mass is 567 g/mol. The molecule has 0 amide bonds. The number of hydrogen-bond acceptors (Lipinski definition) is 4. The summed E-state index contributed by atoms with van der Waals surface area (Å²) in [7, 11) is 0. The van der Waals surface area contributed by atoms with Crippen LogP contribution in [0.1, 0.15) is 25.0 Å². The van der Waals surface area contributed by atoms with Crippen molar-refractivity contribution in [1.82, 2.24) is 0 Å². The molecule has 0 fully saturated rings. The molecule has 5 heteroatoms. The third-order valence-electron chi connectivity index (χ3n) is 9.78. The van der Waals surface area contributed by atoms with Crippen LogP contribution < -0.4 is 35.5 Å². The summed E-state index contributed by atoms with van der Waals surface area (Å²) in [4.78, 5) is 2.39. The highest BCUT2D eigenvalue weighted by molar-refractivity contribution is 6.99. The average molecular weight is 567 g/mol. The van der Waals surface area contributed by atoms with Gasteiger partial charge in [0.25, 0.3) is 6.71 Å². The molecule has 0 N–H and O–H groups in total. The number of benzene rings is 6. The van der Waals surface area contributed by atoms with Gasteiger partial charge >= 0.3 is 0 Å². The second-order valence-electron chi connectivity index (χ2n) is 12.5. The largest absolute Gasteiger partial charge is 0.458 e. The molecule has 6 aromatic rings. The number of fused-ring (bicyclic) bond motifs is 2. The van der Waals surface area contributed by atoms with Crippen molar-refractivity contribution in [3.05, 3.63) is 132 Å². The molecule has 10 rings (SSSR count). The molecule has 4 aliphatic rings. The minimum atomic E-state index is -0.0859. The van der Waals surface area contributed by atoms with E-state index in [1.807, 2.05) is 36.4 Å². The summed E-state index contributed by atoms with van der Waals surface area (Å²) in [5.41, 5.74) is 11.5. The molecular weight excluding hydrogens is 541 g/mol. The Balaban J connectivity index is 1.09. The summed E-state index contributed by atoms with van der Waals surface area (Å²) < 4.78 is 19.4. The third-order valence-corrected chi connectivity index (χ3v) is 9.78. The first-order chi connectivity index (χ1) is 21.6. The predicted octanol–water partition coefficient (Wildman–Crippen LogP) is 8.30. The van der Waals surface area contributed by atoms with Crippen molar-refractivity contribution in [2.45, 2.75) is 19.3 Å². The molecule has 0 saturated carbocycles. The molecule has 208 valence electrons. The molecule has 44 heavy (non-hydrogen) atoms. The number of hydrogen-bond donors (Lipinski definition) is 0. The highest BCUT2D eigenvalue weighted by atomic mass is 16.5. The first-order valence-electron chi connectivity index (χ1n) is 15.1. The van der Waals surface area contributed by atoms with E-state index in [0.717, 1.165) is 67.7 Å². The van der Waals surface area contributed by atoms with Crippen molar-refractivity contribution >= 4 is 40.2 Å². The first-order valence-corrected chi connectivity index (χ1v) is 15.1. The Kier molecular flexibility index (Phi) is 4.57. The van der Waals surface area contributed by atoms with Crippen molar-refractivity contribution in [3.63, 3.8) is 0 Å². The van der Waals surface area contributed by atoms with Crippen LogP contribution in [0.25, 0.3) is 11.1 Å².